The predicted octanol–water partition coefficient (Wildman–Crippen LogP) is 5.06. The third-order valence-corrected chi connectivity index (χ3v) is 4.46. The Kier molecular flexibility index (Phi) is 4.48. The number of nitrogen functional groups attached to an aromatic ring is 1. The first-order valence-corrected chi connectivity index (χ1v) is 8.74. The van der Waals surface area contributed by atoms with E-state index in [1.807, 2.05) is 55.5 Å². The van der Waals surface area contributed by atoms with Gasteiger partial charge in [0.2, 0.25) is 0 Å². The maximum absolute atomic E-state index is 6.31. The molecule has 4 N–H and O–H groups in total. The lowest BCUT2D eigenvalue weighted by Gasteiger charge is -2.14. The van der Waals surface area contributed by atoms with Gasteiger partial charge in [0.05, 0.1) is 11.2 Å². The molecule has 7 heteroatoms. The van der Waals surface area contributed by atoms with Gasteiger partial charge in [-0.3, -0.25) is 4.98 Å². The Bertz CT molecular complexity index is 1120. The molecule has 0 radical (unpaired) electrons. The number of fused-ring (bicyclic) bond motifs is 1. The van der Waals surface area contributed by atoms with Crippen molar-refractivity contribution in [3.63, 3.8) is 0 Å². The second-order valence-electron chi connectivity index (χ2n) is 6.07. The summed E-state index contributed by atoms with van der Waals surface area (Å²) in [5, 5.41) is 8.16. The van der Waals surface area contributed by atoms with Crippen molar-refractivity contribution in [1.29, 1.82) is 0 Å². The molecular weight excluding hydrogens is 360 g/mol. The van der Waals surface area contributed by atoms with Crippen LogP contribution in [-0.4, -0.2) is 15.0 Å². The van der Waals surface area contributed by atoms with Gasteiger partial charge in [0.1, 0.15) is 12.0 Å². The summed E-state index contributed by atoms with van der Waals surface area (Å²) >= 11 is 6.09. The van der Waals surface area contributed by atoms with E-state index >= 15 is 0 Å². The number of rotatable bonds is 4. The number of benzene rings is 2. The van der Waals surface area contributed by atoms with E-state index in [4.69, 9.17) is 17.3 Å². The van der Waals surface area contributed by atoms with Crippen LogP contribution in [0.2, 0.25) is 5.02 Å². The normalized spacial score (nSPS) is 10.7. The molecule has 0 saturated carbocycles. The summed E-state index contributed by atoms with van der Waals surface area (Å²) in [5.74, 6) is 1.01. The molecule has 6 nitrogen and oxygen atoms in total. The Morgan fingerprint density at radius 1 is 0.889 bits per heavy atom. The zero-order chi connectivity index (χ0) is 18.8. The summed E-state index contributed by atoms with van der Waals surface area (Å²) in [5.41, 5.74) is 10.3. The number of aryl methyl sites for hydroxylation is 1. The Labute approximate surface area is 161 Å². The molecule has 0 saturated heterocycles. The summed E-state index contributed by atoms with van der Waals surface area (Å²) < 4.78 is 0. The van der Waals surface area contributed by atoms with Crippen molar-refractivity contribution in [2.45, 2.75) is 6.92 Å². The lowest BCUT2D eigenvalue weighted by molar-refractivity contribution is 1.17. The molecule has 2 heterocycles. The fourth-order valence-electron chi connectivity index (χ4n) is 2.78. The van der Waals surface area contributed by atoms with Crippen LogP contribution < -0.4 is 16.4 Å². The van der Waals surface area contributed by atoms with E-state index < -0.39 is 0 Å². The molecule has 27 heavy (non-hydrogen) atoms. The second-order valence-corrected chi connectivity index (χ2v) is 6.51. The average molecular weight is 377 g/mol. The largest absolute Gasteiger partial charge is 0.393 e. The number of halogens is 1. The first-order valence-electron chi connectivity index (χ1n) is 8.36. The van der Waals surface area contributed by atoms with E-state index in [9.17, 15) is 0 Å². The van der Waals surface area contributed by atoms with Gasteiger partial charge in [-0.05, 0) is 36.8 Å². The van der Waals surface area contributed by atoms with Crippen molar-refractivity contribution in [2.75, 3.05) is 16.4 Å². The minimum absolute atomic E-state index is 0.407. The van der Waals surface area contributed by atoms with Crippen molar-refractivity contribution in [3.05, 3.63) is 71.6 Å². The average Bonchev–Trinajstić information content (AvgIpc) is 2.68. The number of para-hydroxylation sites is 1. The minimum Gasteiger partial charge on any atom is -0.393 e. The van der Waals surface area contributed by atoms with Crippen LogP contribution in [0.25, 0.3) is 10.9 Å². The van der Waals surface area contributed by atoms with Gasteiger partial charge in [0.15, 0.2) is 11.6 Å². The van der Waals surface area contributed by atoms with Gasteiger partial charge in [-0.15, -0.1) is 0 Å². The molecule has 0 spiro atoms. The van der Waals surface area contributed by atoms with Crippen LogP contribution in [-0.2, 0) is 0 Å². The molecule has 2 aromatic carbocycles. The number of pyridine rings is 1. The Hall–Kier alpha value is -3.38. The predicted molar refractivity (Wildman–Crippen MR) is 111 cm³/mol. The van der Waals surface area contributed by atoms with E-state index in [0.717, 1.165) is 27.8 Å². The summed E-state index contributed by atoms with van der Waals surface area (Å²) in [6, 6.07) is 15.4. The van der Waals surface area contributed by atoms with E-state index in [-0.39, 0.29) is 0 Å². The Morgan fingerprint density at radius 3 is 2.44 bits per heavy atom. The maximum atomic E-state index is 6.31. The lowest BCUT2D eigenvalue weighted by Crippen LogP contribution is -2.06. The fourth-order valence-corrected chi connectivity index (χ4v) is 2.96. The number of nitrogens with zero attached hydrogens (tertiary/aromatic N) is 3. The molecule has 0 unspecified atom stereocenters. The van der Waals surface area contributed by atoms with Gasteiger partial charge in [0, 0.05) is 22.3 Å². The molecule has 0 bridgehead atoms. The van der Waals surface area contributed by atoms with Gasteiger partial charge in [-0.2, -0.15) is 0 Å². The van der Waals surface area contributed by atoms with Crippen molar-refractivity contribution in [1.82, 2.24) is 15.0 Å². The summed E-state index contributed by atoms with van der Waals surface area (Å²) in [6.45, 7) is 1.98. The van der Waals surface area contributed by atoms with Gasteiger partial charge < -0.3 is 16.4 Å². The lowest BCUT2D eigenvalue weighted by atomic mass is 10.2. The second kappa shape index (κ2) is 7.09. The number of nitrogens with two attached hydrogens (primary N) is 1. The molecule has 0 aliphatic heterocycles. The smallest absolute Gasteiger partial charge is 0.159 e. The Balaban J connectivity index is 1.69. The van der Waals surface area contributed by atoms with Gasteiger partial charge in [-0.1, -0.05) is 35.9 Å². The molecule has 0 atom stereocenters. The minimum atomic E-state index is 0.407. The third-order valence-electron chi connectivity index (χ3n) is 4.22. The summed E-state index contributed by atoms with van der Waals surface area (Å²) in [4.78, 5) is 13.0. The fraction of sp³-hybridized carbons (Fsp3) is 0.0500. The molecule has 4 rings (SSSR count). The topological polar surface area (TPSA) is 88.8 Å². The van der Waals surface area contributed by atoms with Crippen LogP contribution in [0.5, 0.6) is 0 Å². The molecular formula is C20H17ClN6. The summed E-state index contributed by atoms with van der Waals surface area (Å²) in [6.07, 6.45) is 3.21. The Morgan fingerprint density at radius 2 is 1.63 bits per heavy atom. The highest BCUT2D eigenvalue weighted by Gasteiger charge is 2.11. The maximum Gasteiger partial charge on any atom is 0.159 e. The molecule has 0 amide bonds. The monoisotopic (exact) mass is 376 g/mol. The van der Waals surface area contributed by atoms with Crippen molar-refractivity contribution in [2.24, 2.45) is 0 Å². The van der Waals surface area contributed by atoms with Gasteiger partial charge in [0.25, 0.3) is 0 Å². The number of anilines is 5. The zero-order valence-corrected chi connectivity index (χ0v) is 15.3. The van der Waals surface area contributed by atoms with Crippen LogP contribution in [0.1, 0.15) is 5.56 Å². The first-order chi connectivity index (χ1) is 13.1. The first kappa shape index (κ1) is 17.1. The third kappa shape index (κ3) is 3.47. The quantitative estimate of drug-likeness (QED) is 0.461. The van der Waals surface area contributed by atoms with Crippen LogP contribution in [0, 0.1) is 6.92 Å². The molecule has 4 aromatic rings. The van der Waals surface area contributed by atoms with Crippen molar-refractivity contribution >= 4 is 51.2 Å². The van der Waals surface area contributed by atoms with E-state index in [2.05, 4.69) is 25.6 Å². The summed E-state index contributed by atoms with van der Waals surface area (Å²) in [7, 11) is 0. The van der Waals surface area contributed by atoms with Crippen molar-refractivity contribution < 1.29 is 0 Å². The standard InChI is InChI=1S/C20H17ClN6/c1-12-7-8-14(21)10-16(12)27-20-17(22)19(24-11-25-20)26-15-6-2-4-13-5-3-9-23-18(13)15/h2-11H,22H2,1H3,(H2,24,25,26,27). The molecule has 0 fully saturated rings. The zero-order valence-electron chi connectivity index (χ0n) is 14.6. The van der Waals surface area contributed by atoms with Crippen LogP contribution in [0.4, 0.5) is 28.7 Å². The van der Waals surface area contributed by atoms with Gasteiger partial charge in [-0.25, -0.2) is 9.97 Å². The van der Waals surface area contributed by atoms with Crippen LogP contribution in [0.3, 0.4) is 0 Å². The van der Waals surface area contributed by atoms with Crippen LogP contribution in [0.15, 0.2) is 61.1 Å². The molecule has 0 aliphatic carbocycles. The van der Waals surface area contributed by atoms with E-state index in [1.165, 1.54) is 6.33 Å². The molecule has 0 aliphatic rings. The number of hydrogen-bond acceptors (Lipinski definition) is 6. The molecule has 2 aromatic heterocycles. The number of aromatic nitrogens is 3. The highest BCUT2D eigenvalue weighted by molar-refractivity contribution is 6.30. The number of nitrogens with one attached hydrogen (secondary N) is 2. The highest BCUT2D eigenvalue weighted by Crippen LogP contribution is 2.31. The van der Waals surface area contributed by atoms with Crippen molar-refractivity contribution in [3.8, 4) is 0 Å². The molecule has 134 valence electrons. The highest BCUT2D eigenvalue weighted by atomic mass is 35.5. The van der Waals surface area contributed by atoms with Crippen LogP contribution >= 0.6 is 11.6 Å². The van der Waals surface area contributed by atoms with Gasteiger partial charge >= 0.3 is 0 Å². The van der Waals surface area contributed by atoms with E-state index in [1.54, 1.807) is 6.20 Å². The SMILES string of the molecule is Cc1ccc(Cl)cc1Nc1ncnc(Nc2cccc3cccnc23)c1N. The number of hydrogen-bond donors (Lipinski definition) is 3. The van der Waals surface area contributed by atoms with E-state index in [0.29, 0.717) is 22.3 Å².